The van der Waals surface area contributed by atoms with Crippen molar-refractivity contribution in [1.29, 1.82) is 0 Å². The number of carbonyl (C=O) groups is 2. The lowest BCUT2D eigenvalue weighted by molar-refractivity contribution is -0.128. The van der Waals surface area contributed by atoms with E-state index in [2.05, 4.69) is 15.4 Å². The molecule has 0 unspecified atom stereocenters. The Balaban J connectivity index is 1.46. The van der Waals surface area contributed by atoms with Gasteiger partial charge in [-0.3, -0.25) is 9.59 Å². The summed E-state index contributed by atoms with van der Waals surface area (Å²) in [5.74, 6) is -0.468. The third-order valence-electron chi connectivity index (χ3n) is 4.99. The number of rotatable bonds is 9. The predicted molar refractivity (Wildman–Crippen MR) is 127 cm³/mol. The molecule has 1 heterocycles. The van der Waals surface area contributed by atoms with Gasteiger partial charge in [0.15, 0.2) is 0 Å². The van der Waals surface area contributed by atoms with Gasteiger partial charge < -0.3 is 10.6 Å². The Morgan fingerprint density at radius 2 is 1.70 bits per heavy atom. The summed E-state index contributed by atoms with van der Waals surface area (Å²) in [4.78, 5) is 24.9. The summed E-state index contributed by atoms with van der Waals surface area (Å²) >= 11 is 1.41. The summed E-state index contributed by atoms with van der Waals surface area (Å²) in [5, 5.41) is 5.25. The van der Waals surface area contributed by atoms with Crippen molar-refractivity contribution in [3.05, 3.63) is 71.0 Å². The maximum atomic E-state index is 13.0. The predicted octanol–water partition coefficient (Wildman–Crippen LogP) is 2.11. The molecule has 0 bridgehead atoms. The monoisotopic (exact) mass is 493 g/mol. The smallest absolute Gasteiger partial charge is 0.243 e. The van der Waals surface area contributed by atoms with Crippen molar-refractivity contribution in [1.82, 2.24) is 15.4 Å². The number of amides is 2. The molecule has 0 spiro atoms. The molecule has 2 atom stereocenters. The van der Waals surface area contributed by atoms with Gasteiger partial charge in [-0.2, -0.15) is 0 Å². The highest BCUT2D eigenvalue weighted by Gasteiger charge is 2.32. The van der Waals surface area contributed by atoms with Crippen molar-refractivity contribution in [2.24, 2.45) is 0 Å². The van der Waals surface area contributed by atoms with Crippen LogP contribution in [0.25, 0.3) is 0 Å². The number of thioether (sulfide) groups is 1. The normalized spacial score (nSPS) is 18.7. The van der Waals surface area contributed by atoms with E-state index in [1.54, 1.807) is 50.2 Å². The highest BCUT2D eigenvalue weighted by molar-refractivity contribution is 8.00. The van der Waals surface area contributed by atoms with Crippen molar-refractivity contribution < 1.29 is 22.4 Å². The van der Waals surface area contributed by atoms with Crippen LogP contribution >= 0.6 is 11.8 Å². The lowest BCUT2D eigenvalue weighted by atomic mass is 10.1. The first-order chi connectivity index (χ1) is 15.6. The number of halogens is 1. The first kappa shape index (κ1) is 25.2. The Kier molecular flexibility index (Phi) is 8.50. The zero-order valence-corrected chi connectivity index (χ0v) is 20.1. The second-order valence-electron chi connectivity index (χ2n) is 8.28. The van der Waals surface area contributed by atoms with E-state index in [4.69, 9.17) is 0 Å². The fourth-order valence-electron chi connectivity index (χ4n) is 3.41. The lowest BCUT2D eigenvalue weighted by Crippen LogP contribution is -2.54. The van der Waals surface area contributed by atoms with Crippen LogP contribution in [0.3, 0.4) is 0 Å². The van der Waals surface area contributed by atoms with Gasteiger partial charge in [0.05, 0.1) is 11.0 Å². The number of benzene rings is 2. The Bertz CT molecular complexity index is 1070. The summed E-state index contributed by atoms with van der Waals surface area (Å²) in [6, 6.07) is 12.2. The summed E-state index contributed by atoms with van der Waals surface area (Å²) < 4.78 is 39.7. The summed E-state index contributed by atoms with van der Waals surface area (Å²) in [7, 11) is -3.40. The Morgan fingerprint density at radius 1 is 1.09 bits per heavy atom. The van der Waals surface area contributed by atoms with Gasteiger partial charge in [0.25, 0.3) is 0 Å². The zero-order chi connectivity index (χ0) is 24.0. The second kappa shape index (κ2) is 11.1. The van der Waals surface area contributed by atoms with Gasteiger partial charge in [0, 0.05) is 18.3 Å². The molecule has 10 heteroatoms. The van der Waals surface area contributed by atoms with Crippen LogP contribution in [0.15, 0.2) is 48.5 Å². The standard InChI is InChI=1S/C23H28FN3O4S2/c1-15(2)27-33(30,31)14-18-5-3-17(4-6-18)12-25-22(28)20-13-32-21(23(29)26-20)11-16-7-9-19(24)10-8-16/h3-10,15,20-21,27H,11-14H2,1-2H3,(H,25,28)(H,26,29)/t20-,21-/m0/s1. The minimum Gasteiger partial charge on any atom is -0.350 e. The summed E-state index contributed by atoms with van der Waals surface area (Å²) in [6.45, 7) is 3.80. The van der Waals surface area contributed by atoms with Crippen LogP contribution in [0.2, 0.25) is 0 Å². The van der Waals surface area contributed by atoms with Crippen molar-refractivity contribution >= 4 is 33.6 Å². The molecule has 33 heavy (non-hydrogen) atoms. The molecule has 3 N–H and O–H groups in total. The van der Waals surface area contributed by atoms with Gasteiger partial charge in [-0.05, 0) is 49.1 Å². The van der Waals surface area contributed by atoms with Crippen LogP contribution in [-0.2, 0) is 38.3 Å². The second-order valence-corrected chi connectivity index (χ2v) is 11.3. The van der Waals surface area contributed by atoms with Crippen LogP contribution in [0.5, 0.6) is 0 Å². The molecule has 1 aliphatic heterocycles. The van der Waals surface area contributed by atoms with Crippen LogP contribution < -0.4 is 15.4 Å². The fourth-order valence-corrected chi connectivity index (χ4v) is 6.03. The van der Waals surface area contributed by atoms with E-state index in [0.29, 0.717) is 17.7 Å². The summed E-state index contributed by atoms with van der Waals surface area (Å²) in [5.41, 5.74) is 2.34. The molecule has 2 aromatic carbocycles. The molecule has 0 saturated carbocycles. The van der Waals surface area contributed by atoms with Gasteiger partial charge in [-0.15, -0.1) is 11.8 Å². The minimum absolute atomic E-state index is 0.109. The average Bonchev–Trinajstić information content (AvgIpc) is 2.74. The Labute approximate surface area is 198 Å². The van der Waals surface area contributed by atoms with Crippen molar-refractivity contribution in [3.8, 4) is 0 Å². The van der Waals surface area contributed by atoms with E-state index in [1.165, 1.54) is 23.9 Å². The molecular formula is C23H28FN3O4S2. The van der Waals surface area contributed by atoms with Crippen LogP contribution in [0, 0.1) is 5.82 Å². The molecule has 2 amide bonds. The lowest BCUT2D eigenvalue weighted by Gasteiger charge is -2.28. The quantitative estimate of drug-likeness (QED) is 0.496. The third-order valence-corrected chi connectivity index (χ3v) is 7.84. The molecule has 0 aromatic heterocycles. The van der Waals surface area contributed by atoms with Crippen molar-refractivity contribution in [3.63, 3.8) is 0 Å². The van der Waals surface area contributed by atoms with Gasteiger partial charge in [-0.1, -0.05) is 36.4 Å². The SMILES string of the molecule is CC(C)NS(=O)(=O)Cc1ccc(CNC(=O)[C@@H]2CS[C@@H](Cc3ccc(F)cc3)C(=O)N2)cc1. The van der Waals surface area contributed by atoms with E-state index in [0.717, 1.165) is 11.1 Å². The number of sulfonamides is 1. The van der Waals surface area contributed by atoms with Crippen LogP contribution in [0.4, 0.5) is 4.39 Å². The Morgan fingerprint density at radius 3 is 2.30 bits per heavy atom. The molecule has 3 rings (SSSR count). The molecule has 1 fully saturated rings. The molecule has 0 aliphatic carbocycles. The van der Waals surface area contributed by atoms with Gasteiger partial charge >= 0.3 is 0 Å². The highest BCUT2D eigenvalue weighted by Crippen LogP contribution is 2.22. The number of carbonyl (C=O) groups excluding carboxylic acids is 2. The van der Waals surface area contributed by atoms with E-state index in [9.17, 15) is 22.4 Å². The number of hydrogen-bond acceptors (Lipinski definition) is 5. The van der Waals surface area contributed by atoms with E-state index >= 15 is 0 Å². The highest BCUT2D eigenvalue weighted by atomic mass is 32.2. The molecule has 0 radical (unpaired) electrons. The molecule has 7 nitrogen and oxygen atoms in total. The van der Waals surface area contributed by atoms with Gasteiger partial charge in [0.2, 0.25) is 21.8 Å². The number of nitrogens with one attached hydrogen (secondary N) is 3. The molecule has 1 aliphatic rings. The average molecular weight is 494 g/mol. The molecule has 178 valence electrons. The van der Waals surface area contributed by atoms with E-state index < -0.39 is 16.1 Å². The maximum Gasteiger partial charge on any atom is 0.243 e. The van der Waals surface area contributed by atoms with E-state index in [-0.39, 0.29) is 41.2 Å². The Hall–Kier alpha value is -2.43. The molecular weight excluding hydrogens is 465 g/mol. The number of hydrogen-bond donors (Lipinski definition) is 3. The van der Waals surface area contributed by atoms with Crippen LogP contribution in [-0.4, -0.2) is 43.3 Å². The molecule has 2 aromatic rings. The topological polar surface area (TPSA) is 104 Å². The first-order valence-corrected chi connectivity index (χ1v) is 13.3. The zero-order valence-electron chi connectivity index (χ0n) is 18.5. The molecule has 1 saturated heterocycles. The largest absolute Gasteiger partial charge is 0.350 e. The maximum absolute atomic E-state index is 13.0. The van der Waals surface area contributed by atoms with Crippen LogP contribution in [0.1, 0.15) is 30.5 Å². The van der Waals surface area contributed by atoms with E-state index in [1.807, 2.05) is 0 Å². The van der Waals surface area contributed by atoms with Crippen molar-refractivity contribution in [2.75, 3.05) is 5.75 Å². The minimum atomic E-state index is -3.40. The fraction of sp³-hybridized carbons (Fsp3) is 0.391. The first-order valence-electron chi connectivity index (χ1n) is 10.6. The van der Waals surface area contributed by atoms with Gasteiger partial charge in [-0.25, -0.2) is 17.5 Å². The van der Waals surface area contributed by atoms with Crippen molar-refractivity contribution in [2.45, 2.75) is 49.9 Å². The third kappa shape index (κ3) is 7.83. The summed E-state index contributed by atoms with van der Waals surface area (Å²) in [6.07, 6.45) is 0.472. The van der Waals surface area contributed by atoms with Gasteiger partial charge in [0.1, 0.15) is 11.9 Å².